The van der Waals surface area contributed by atoms with Gasteiger partial charge in [0.15, 0.2) is 0 Å². The number of β-amino-alcohol motifs (C(OH)–C–C–N with tert-alkyl or cyclic N) is 1. The van der Waals surface area contributed by atoms with Crippen molar-refractivity contribution in [2.45, 2.75) is 31.7 Å². The third-order valence-electron chi connectivity index (χ3n) is 4.64. The van der Waals surface area contributed by atoms with E-state index < -0.39 is 11.5 Å². The molecular weight excluding hydrogens is 274 g/mol. The molecule has 2 N–H and O–H groups in total. The van der Waals surface area contributed by atoms with Crippen LogP contribution in [0.15, 0.2) is 0 Å². The maximum absolute atomic E-state index is 12.7. The minimum Gasteiger partial charge on any atom is -0.480 e. The van der Waals surface area contributed by atoms with Gasteiger partial charge >= 0.3 is 12.0 Å². The smallest absolute Gasteiger partial charge is 0.329 e. The van der Waals surface area contributed by atoms with E-state index in [-0.39, 0.29) is 12.6 Å². The van der Waals surface area contributed by atoms with E-state index in [9.17, 15) is 14.7 Å². The number of amides is 2. The van der Waals surface area contributed by atoms with E-state index in [1.165, 1.54) is 4.90 Å². The molecule has 0 aromatic rings. The van der Waals surface area contributed by atoms with Gasteiger partial charge in [0.1, 0.15) is 5.54 Å². The standard InChI is InChI=1S/C14H25N3O4/c1-14(12(19)20)4-2-3-5-17(14)13(21)16-8-6-15(7-9-16)10-11-18/h18H,2-11H2,1H3,(H,19,20). The van der Waals surface area contributed by atoms with Gasteiger partial charge in [-0.15, -0.1) is 0 Å². The summed E-state index contributed by atoms with van der Waals surface area (Å²) >= 11 is 0. The highest BCUT2D eigenvalue weighted by molar-refractivity contribution is 5.86. The minimum absolute atomic E-state index is 0.122. The van der Waals surface area contributed by atoms with Crippen molar-refractivity contribution in [3.05, 3.63) is 0 Å². The van der Waals surface area contributed by atoms with Gasteiger partial charge in [0.25, 0.3) is 0 Å². The molecule has 2 rings (SSSR count). The Labute approximate surface area is 125 Å². The highest BCUT2D eigenvalue weighted by atomic mass is 16.4. The molecule has 21 heavy (non-hydrogen) atoms. The zero-order valence-electron chi connectivity index (χ0n) is 12.6. The van der Waals surface area contributed by atoms with Crippen molar-refractivity contribution in [2.24, 2.45) is 0 Å². The Morgan fingerprint density at radius 2 is 1.76 bits per heavy atom. The molecule has 0 radical (unpaired) electrons. The van der Waals surface area contributed by atoms with Crippen LogP contribution in [0.4, 0.5) is 4.79 Å². The van der Waals surface area contributed by atoms with Gasteiger partial charge in [-0.2, -0.15) is 0 Å². The van der Waals surface area contributed by atoms with Crippen molar-refractivity contribution in [1.82, 2.24) is 14.7 Å². The Morgan fingerprint density at radius 3 is 2.33 bits per heavy atom. The van der Waals surface area contributed by atoms with Crippen molar-refractivity contribution >= 4 is 12.0 Å². The number of aliphatic carboxylic acids is 1. The minimum atomic E-state index is -1.09. The molecule has 0 spiro atoms. The molecule has 2 heterocycles. The summed E-state index contributed by atoms with van der Waals surface area (Å²) < 4.78 is 0. The number of nitrogens with zero attached hydrogens (tertiary/aromatic N) is 3. The molecule has 1 atom stereocenters. The number of piperazine rings is 1. The van der Waals surface area contributed by atoms with Gasteiger partial charge in [-0.05, 0) is 26.2 Å². The molecule has 7 heteroatoms. The fourth-order valence-corrected chi connectivity index (χ4v) is 3.12. The molecule has 2 aliphatic rings. The lowest BCUT2D eigenvalue weighted by atomic mass is 9.89. The number of rotatable bonds is 3. The number of hydrogen-bond acceptors (Lipinski definition) is 4. The molecular formula is C14H25N3O4. The number of aliphatic hydroxyl groups excluding tert-OH is 1. The Kier molecular flexibility index (Phi) is 5.05. The molecule has 120 valence electrons. The molecule has 0 aromatic carbocycles. The van der Waals surface area contributed by atoms with E-state index >= 15 is 0 Å². The molecule has 2 fully saturated rings. The zero-order valence-corrected chi connectivity index (χ0v) is 12.6. The number of carbonyl (C=O) groups is 2. The fraction of sp³-hybridized carbons (Fsp3) is 0.857. The van der Waals surface area contributed by atoms with Gasteiger partial charge in [-0.1, -0.05) is 0 Å². The highest BCUT2D eigenvalue weighted by Crippen LogP contribution is 2.29. The van der Waals surface area contributed by atoms with Crippen LogP contribution < -0.4 is 0 Å². The second-order valence-electron chi connectivity index (χ2n) is 6.02. The average molecular weight is 299 g/mol. The molecule has 0 aromatic heterocycles. The summed E-state index contributed by atoms with van der Waals surface area (Å²) in [5.74, 6) is -0.922. The number of carboxylic acids is 1. The van der Waals surface area contributed by atoms with E-state index in [0.29, 0.717) is 32.6 Å². The SMILES string of the molecule is CC1(C(=O)O)CCCCN1C(=O)N1CCN(CCO)CC1. The highest BCUT2D eigenvalue weighted by Gasteiger charge is 2.45. The number of carboxylic acid groups (broad SMARTS) is 1. The lowest BCUT2D eigenvalue weighted by Gasteiger charge is -2.45. The third-order valence-corrected chi connectivity index (χ3v) is 4.64. The van der Waals surface area contributed by atoms with Crippen LogP contribution in [0.2, 0.25) is 0 Å². The van der Waals surface area contributed by atoms with Crippen LogP contribution in [0.5, 0.6) is 0 Å². The predicted octanol–water partition coefficient (Wildman–Crippen LogP) is 0.0455. The average Bonchev–Trinajstić information content (AvgIpc) is 2.48. The second kappa shape index (κ2) is 6.62. The van der Waals surface area contributed by atoms with Crippen molar-refractivity contribution in [3.63, 3.8) is 0 Å². The lowest BCUT2D eigenvalue weighted by Crippen LogP contribution is -2.62. The van der Waals surface area contributed by atoms with Crippen LogP contribution in [0, 0.1) is 0 Å². The predicted molar refractivity (Wildman–Crippen MR) is 77.1 cm³/mol. The van der Waals surface area contributed by atoms with Gasteiger partial charge in [-0.25, -0.2) is 9.59 Å². The number of aliphatic hydroxyl groups is 1. The van der Waals surface area contributed by atoms with Crippen LogP contribution >= 0.6 is 0 Å². The van der Waals surface area contributed by atoms with E-state index in [2.05, 4.69) is 4.90 Å². The number of urea groups is 1. The Morgan fingerprint density at radius 1 is 1.10 bits per heavy atom. The Hall–Kier alpha value is -1.34. The summed E-state index contributed by atoms with van der Waals surface area (Å²) in [6.45, 7) is 5.53. The summed E-state index contributed by atoms with van der Waals surface area (Å²) in [6.07, 6.45) is 2.22. The zero-order chi connectivity index (χ0) is 15.5. The maximum atomic E-state index is 12.7. The lowest BCUT2D eigenvalue weighted by molar-refractivity contribution is -0.150. The summed E-state index contributed by atoms with van der Waals surface area (Å²) in [7, 11) is 0. The van der Waals surface area contributed by atoms with Crippen molar-refractivity contribution in [1.29, 1.82) is 0 Å². The van der Waals surface area contributed by atoms with Crippen molar-refractivity contribution in [3.8, 4) is 0 Å². The van der Waals surface area contributed by atoms with Crippen molar-refractivity contribution < 1.29 is 19.8 Å². The molecule has 0 aliphatic carbocycles. The first kappa shape index (κ1) is 16.0. The molecule has 2 aliphatic heterocycles. The monoisotopic (exact) mass is 299 g/mol. The first-order valence-electron chi connectivity index (χ1n) is 7.62. The topological polar surface area (TPSA) is 84.3 Å². The van der Waals surface area contributed by atoms with E-state index in [1.807, 2.05) is 0 Å². The molecule has 2 saturated heterocycles. The van der Waals surface area contributed by atoms with E-state index in [4.69, 9.17) is 5.11 Å². The van der Waals surface area contributed by atoms with Crippen LogP contribution in [-0.2, 0) is 4.79 Å². The number of piperidine rings is 1. The van der Waals surface area contributed by atoms with E-state index in [1.54, 1.807) is 11.8 Å². The summed E-state index contributed by atoms with van der Waals surface area (Å²) in [4.78, 5) is 29.6. The van der Waals surface area contributed by atoms with Crippen LogP contribution in [0.25, 0.3) is 0 Å². The molecule has 0 bridgehead atoms. The normalized spacial score (nSPS) is 27.7. The number of carbonyl (C=O) groups excluding carboxylic acids is 1. The number of hydrogen-bond donors (Lipinski definition) is 2. The Bertz CT molecular complexity index is 396. The Balaban J connectivity index is 2.00. The van der Waals surface area contributed by atoms with E-state index in [0.717, 1.165) is 25.9 Å². The van der Waals surface area contributed by atoms with Gasteiger partial charge in [-0.3, -0.25) is 4.90 Å². The fourth-order valence-electron chi connectivity index (χ4n) is 3.12. The summed E-state index contributed by atoms with van der Waals surface area (Å²) in [5.41, 5.74) is -1.09. The third kappa shape index (κ3) is 3.29. The largest absolute Gasteiger partial charge is 0.480 e. The quantitative estimate of drug-likeness (QED) is 0.769. The van der Waals surface area contributed by atoms with Gasteiger partial charge in [0.2, 0.25) is 0 Å². The van der Waals surface area contributed by atoms with Gasteiger partial charge in [0.05, 0.1) is 6.61 Å². The van der Waals surface area contributed by atoms with Crippen LogP contribution in [0.1, 0.15) is 26.2 Å². The first-order valence-corrected chi connectivity index (χ1v) is 7.62. The molecule has 0 saturated carbocycles. The number of likely N-dealkylation sites (tertiary alicyclic amines) is 1. The molecule has 1 unspecified atom stereocenters. The van der Waals surface area contributed by atoms with Crippen molar-refractivity contribution in [2.75, 3.05) is 45.9 Å². The first-order chi connectivity index (χ1) is 9.99. The van der Waals surface area contributed by atoms with Gasteiger partial charge in [0, 0.05) is 39.3 Å². The summed E-state index contributed by atoms with van der Waals surface area (Å²) in [6, 6.07) is -0.164. The summed E-state index contributed by atoms with van der Waals surface area (Å²) in [5, 5.41) is 18.4. The van der Waals surface area contributed by atoms with Gasteiger partial charge < -0.3 is 20.0 Å². The molecule has 7 nitrogen and oxygen atoms in total. The second-order valence-corrected chi connectivity index (χ2v) is 6.02. The molecule has 2 amide bonds. The van der Waals surface area contributed by atoms with Crippen LogP contribution in [-0.4, -0.2) is 88.3 Å². The van der Waals surface area contributed by atoms with Crippen LogP contribution in [0.3, 0.4) is 0 Å². The maximum Gasteiger partial charge on any atom is 0.329 e.